The lowest BCUT2D eigenvalue weighted by Crippen LogP contribution is -2.48. The predicted octanol–water partition coefficient (Wildman–Crippen LogP) is 3.67. The molecule has 0 bridgehead atoms. The molecular formula is C23H29FN2O3. The third kappa shape index (κ3) is 6.04. The summed E-state index contributed by atoms with van der Waals surface area (Å²) in [6.07, 6.45) is 0. The Morgan fingerprint density at radius 1 is 1.10 bits per heavy atom. The molecule has 2 amide bonds. The first-order valence-corrected chi connectivity index (χ1v) is 9.61. The van der Waals surface area contributed by atoms with Gasteiger partial charge in [-0.25, -0.2) is 4.39 Å². The zero-order valence-electron chi connectivity index (χ0n) is 17.7. The maximum Gasteiger partial charge on any atom is 0.261 e. The standard InChI is InChI=1S/C23H29FN2O3/c1-16(22(28)25-5)26(14-17-8-6-7-9-20(17)24)21(27)15-29-19-12-10-18(11-13-19)23(2,3)4/h6-13,16H,14-15H2,1-5H3,(H,25,28)/t16-/m0/s1. The van der Waals surface area contributed by atoms with Gasteiger partial charge in [-0.3, -0.25) is 9.59 Å². The molecule has 1 atom stereocenters. The Bertz CT molecular complexity index is 844. The second-order valence-corrected chi connectivity index (χ2v) is 7.97. The molecule has 0 aromatic heterocycles. The van der Waals surface area contributed by atoms with Crippen LogP contribution >= 0.6 is 0 Å². The summed E-state index contributed by atoms with van der Waals surface area (Å²) in [5.41, 5.74) is 1.52. The first-order valence-electron chi connectivity index (χ1n) is 9.61. The average molecular weight is 400 g/mol. The van der Waals surface area contributed by atoms with E-state index in [4.69, 9.17) is 4.74 Å². The van der Waals surface area contributed by atoms with E-state index in [-0.39, 0.29) is 24.5 Å². The predicted molar refractivity (Wildman–Crippen MR) is 111 cm³/mol. The number of hydrogen-bond donors (Lipinski definition) is 1. The van der Waals surface area contributed by atoms with E-state index in [0.717, 1.165) is 5.56 Å². The van der Waals surface area contributed by atoms with Crippen LogP contribution in [0.4, 0.5) is 4.39 Å². The summed E-state index contributed by atoms with van der Waals surface area (Å²) in [5.74, 6) is -0.591. The molecule has 1 N–H and O–H groups in total. The Kier molecular flexibility index (Phi) is 7.37. The van der Waals surface area contributed by atoms with E-state index in [9.17, 15) is 14.0 Å². The summed E-state index contributed by atoms with van der Waals surface area (Å²) in [7, 11) is 1.50. The number of rotatable bonds is 7. The van der Waals surface area contributed by atoms with E-state index in [1.807, 2.05) is 24.3 Å². The number of carbonyl (C=O) groups is 2. The van der Waals surface area contributed by atoms with Gasteiger partial charge in [0.2, 0.25) is 5.91 Å². The van der Waals surface area contributed by atoms with E-state index in [1.54, 1.807) is 25.1 Å². The number of nitrogens with one attached hydrogen (secondary N) is 1. The summed E-state index contributed by atoms with van der Waals surface area (Å²) in [6, 6.07) is 13.0. The number of nitrogens with zero attached hydrogens (tertiary/aromatic N) is 1. The molecule has 0 saturated carbocycles. The van der Waals surface area contributed by atoms with Gasteiger partial charge in [-0.15, -0.1) is 0 Å². The maximum absolute atomic E-state index is 14.1. The molecule has 156 valence electrons. The number of benzene rings is 2. The number of carbonyl (C=O) groups excluding carboxylic acids is 2. The molecule has 29 heavy (non-hydrogen) atoms. The lowest BCUT2D eigenvalue weighted by molar-refractivity contribution is -0.142. The number of likely N-dealkylation sites (N-methyl/N-ethyl adjacent to an activating group) is 1. The average Bonchev–Trinajstić information content (AvgIpc) is 2.70. The van der Waals surface area contributed by atoms with Crippen molar-refractivity contribution >= 4 is 11.8 Å². The number of ether oxygens (including phenoxy) is 1. The molecule has 2 rings (SSSR count). The molecule has 6 heteroatoms. The summed E-state index contributed by atoms with van der Waals surface area (Å²) in [4.78, 5) is 26.2. The Morgan fingerprint density at radius 3 is 2.28 bits per heavy atom. The van der Waals surface area contributed by atoms with Crippen LogP contribution in [0, 0.1) is 5.82 Å². The molecule has 0 fully saturated rings. The molecule has 0 aliphatic rings. The third-order valence-corrected chi connectivity index (χ3v) is 4.79. The zero-order chi connectivity index (χ0) is 21.6. The Labute approximate surface area is 171 Å². The minimum atomic E-state index is -0.765. The monoisotopic (exact) mass is 400 g/mol. The summed E-state index contributed by atoms with van der Waals surface area (Å²) < 4.78 is 19.7. The van der Waals surface area contributed by atoms with Gasteiger partial charge >= 0.3 is 0 Å². The Balaban J connectivity index is 2.12. The SMILES string of the molecule is CNC(=O)[C@H](C)N(Cc1ccccc1F)C(=O)COc1ccc(C(C)(C)C)cc1. The van der Waals surface area contributed by atoms with Crippen molar-refractivity contribution in [2.75, 3.05) is 13.7 Å². The van der Waals surface area contributed by atoms with Crippen molar-refractivity contribution in [1.29, 1.82) is 0 Å². The van der Waals surface area contributed by atoms with Crippen LogP contribution < -0.4 is 10.1 Å². The molecule has 0 spiro atoms. The van der Waals surface area contributed by atoms with E-state index in [1.165, 1.54) is 18.0 Å². The van der Waals surface area contributed by atoms with Crippen LogP contribution in [0.1, 0.15) is 38.8 Å². The van der Waals surface area contributed by atoms with Crippen molar-refractivity contribution in [1.82, 2.24) is 10.2 Å². The highest BCUT2D eigenvalue weighted by Crippen LogP contribution is 2.24. The van der Waals surface area contributed by atoms with Crippen molar-refractivity contribution < 1.29 is 18.7 Å². The topological polar surface area (TPSA) is 58.6 Å². The Hall–Kier alpha value is -2.89. The first-order chi connectivity index (χ1) is 13.6. The minimum Gasteiger partial charge on any atom is -0.484 e. The fourth-order valence-electron chi connectivity index (χ4n) is 2.88. The molecule has 0 saturated heterocycles. The fourth-order valence-corrected chi connectivity index (χ4v) is 2.88. The van der Waals surface area contributed by atoms with E-state index in [2.05, 4.69) is 26.1 Å². The van der Waals surface area contributed by atoms with Crippen molar-refractivity contribution in [3.8, 4) is 5.75 Å². The minimum absolute atomic E-state index is 0.0214. The van der Waals surface area contributed by atoms with Gasteiger partial charge in [0.15, 0.2) is 6.61 Å². The van der Waals surface area contributed by atoms with Gasteiger partial charge in [0.05, 0.1) is 0 Å². The number of halogens is 1. The Morgan fingerprint density at radius 2 is 1.72 bits per heavy atom. The zero-order valence-corrected chi connectivity index (χ0v) is 17.7. The lowest BCUT2D eigenvalue weighted by atomic mass is 9.87. The molecule has 0 aliphatic carbocycles. The van der Waals surface area contributed by atoms with Gasteiger partial charge in [0, 0.05) is 19.2 Å². The summed E-state index contributed by atoms with van der Waals surface area (Å²) in [6.45, 7) is 7.69. The van der Waals surface area contributed by atoms with Crippen molar-refractivity contribution in [2.45, 2.75) is 45.7 Å². The van der Waals surface area contributed by atoms with Gasteiger partial charge in [-0.1, -0.05) is 51.1 Å². The largest absolute Gasteiger partial charge is 0.484 e. The van der Waals surface area contributed by atoms with Gasteiger partial charge in [0.25, 0.3) is 5.91 Å². The van der Waals surface area contributed by atoms with Gasteiger partial charge in [-0.05, 0) is 36.1 Å². The van der Waals surface area contributed by atoms with Crippen LogP contribution in [0.15, 0.2) is 48.5 Å². The number of amides is 2. The van der Waals surface area contributed by atoms with Crippen molar-refractivity contribution in [3.05, 3.63) is 65.5 Å². The lowest BCUT2D eigenvalue weighted by Gasteiger charge is -2.28. The van der Waals surface area contributed by atoms with Crippen LogP contribution in [0.25, 0.3) is 0 Å². The van der Waals surface area contributed by atoms with Crippen LogP contribution in [0.3, 0.4) is 0 Å². The van der Waals surface area contributed by atoms with E-state index in [0.29, 0.717) is 11.3 Å². The quantitative estimate of drug-likeness (QED) is 0.772. The fraction of sp³-hybridized carbons (Fsp3) is 0.391. The second-order valence-electron chi connectivity index (χ2n) is 7.97. The molecule has 2 aromatic rings. The highest BCUT2D eigenvalue weighted by atomic mass is 19.1. The van der Waals surface area contributed by atoms with E-state index >= 15 is 0 Å². The first kappa shape index (κ1) is 22.4. The summed E-state index contributed by atoms with van der Waals surface area (Å²) >= 11 is 0. The highest BCUT2D eigenvalue weighted by molar-refractivity contribution is 5.87. The molecule has 0 heterocycles. The smallest absolute Gasteiger partial charge is 0.261 e. The van der Waals surface area contributed by atoms with Crippen molar-refractivity contribution in [3.63, 3.8) is 0 Å². The van der Waals surface area contributed by atoms with Crippen molar-refractivity contribution in [2.24, 2.45) is 0 Å². The highest BCUT2D eigenvalue weighted by Gasteiger charge is 2.26. The molecular weight excluding hydrogens is 371 g/mol. The van der Waals surface area contributed by atoms with Gasteiger partial charge in [-0.2, -0.15) is 0 Å². The number of hydrogen-bond acceptors (Lipinski definition) is 3. The third-order valence-electron chi connectivity index (χ3n) is 4.79. The van der Waals surface area contributed by atoms with Crippen LogP contribution in [0.2, 0.25) is 0 Å². The molecule has 5 nitrogen and oxygen atoms in total. The normalized spacial score (nSPS) is 12.2. The second kappa shape index (κ2) is 9.54. The van der Waals surface area contributed by atoms with Gasteiger partial charge < -0.3 is 15.0 Å². The molecule has 0 radical (unpaired) electrons. The summed E-state index contributed by atoms with van der Waals surface area (Å²) in [5, 5.41) is 2.53. The van der Waals surface area contributed by atoms with E-state index < -0.39 is 17.8 Å². The van der Waals surface area contributed by atoms with Gasteiger partial charge in [0.1, 0.15) is 17.6 Å². The molecule has 0 aliphatic heterocycles. The van der Waals surface area contributed by atoms with Crippen LogP contribution in [-0.4, -0.2) is 36.4 Å². The van der Waals surface area contributed by atoms with Crippen LogP contribution in [0.5, 0.6) is 5.75 Å². The molecule has 2 aromatic carbocycles. The maximum atomic E-state index is 14.1. The molecule has 0 unspecified atom stereocenters. The van der Waals surface area contributed by atoms with Crippen LogP contribution in [-0.2, 0) is 21.5 Å².